The lowest BCUT2D eigenvalue weighted by Crippen LogP contribution is -2.16. The van der Waals surface area contributed by atoms with Crippen LogP contribution < -0.4 is 19.5 Å². The maximum Gasteiger partial charge on any atom is 0.234 e. The molecule has 0 heterocycles. The van der Waals surface area contributed by atoms with Crippen LogP contribution in [0.3, 0.4) is 0 Å². The Morgan fingerprint density at radius 3 is 2.33 bits per heavy atom. The van der Waals surface area contributed by atoms with Crippen molar-refractivity contribution in [2.75, 3.05) is 37.1 Å². The summed E-state index contributed by atoms with van der Waals surface area (Å²) in [5.41, 5.74) is 1.77. The van der Waals surface area contributed by atoms with Gasteiger partial charge < -0.3 is 19.5 Å². The molecular weight excluding hydrogens is 362 g/mol. The van der Waals surface area contributed by atoms with E-state index in [2.05, 4.69) is 12.2 Å². The van der Waals surface area contributed by atoms with Gasteiger partial charge in [0.25, 0.3) is 0 Å². The van der Waals surface area contributed by atoms with E-state index in [4.69, 9.17) is 14.2 Å². The van der Waals surface area contributed by atoms with Crippen molar-refractivity contribution in [3.63, 3.8) is 0 Å². The van der Waals surface area contributed by atoms with Gasteiger partial charge in [-0.25, -0.2) is 0 Å². The van der Waals surface area contributed by atoms with Gasteiger partial charge in [-0.3, -0.25) is 4.79 Å². The normalized spacial score (nSPS) is 10.3. The van der Waals surface area contributed by atoms with Crippen molar-refractivity contribution in [1.29, 1.82) is 0 Å². The molecule has 1 amide bonds. The monoisotopic (exact) mass is 389 g/mol. The quantitative estimate of drug-likeness (QED) is 0.572. The summed E-state index contributed by atoms with van der Waals surface area (Å²) in [7, 11) is 1.59. The number of rotatable bonds is 11. The van der Waals surface area contributed by atoms with Crippen molar-refractivity contribution in [2.24, 2.45) is 0 Å². The number of hydrogen-bond donors (Lipinski definition) is 1. The van der Waals surface area contributed by atoms with Gasteiger partial charge in [0.2, 0.25) is 5.91 Å². The maximum absolute atomic E-state index is 12.1. The van der Waals surface area contributed by atoms with Crippen LogP contribution in [0.1, 0.15) is 18.9 Å². The standard InChI is InChI=1S/C21H27NO4S/c1-4-11-25-17-6-8-18(9-7-17)26-12-13-27-15-21(23)22-19-14-16(2)5-10-20(19)24-3/h5-10,14H,4,11-13,15H2,1-3H3,(H,22,23). The zero-order valence-corrected chi connectivity index (χ0v) is 16.9. The molecule has 0 aromatic heterocycles. The Bertz CT molecular complexity index is 719. The van der Waals surface area contributed by atoms with E-state index in [0.717, 1.165) is 29.2 Å². The van der Waals surface area contributed by atoms with Crippen LogP contribution in [0.2, 0.25) is 0 Å². The van der Waals surface area contributed by atoms with Crippen LogP contribution in [0.4, 0.5) is 5.69 Å². The lowest BCUT2D eigenvalue weighted by Gasteiger charge is -2.11. The van der Waals surface area contributed by atoms with E-state index in [0.29, 0.717) is 30.4 Å². The smallest absolute Gasteiger partial charge is 0.234 e. The van der Waals surface area contributed by atoms with Crippen molar-refractivity contribution in [3.8, 4) is 17.2 Å². The summed E-state index contributed by atoms with van der Waals surface area (Å²) in [6.45, 7) is 5.31. The Morgan fingerprint density at radius 1 is 1.04 bits per heavy atom. The Hall–Kier alpha value is -2.34. The van der Waals surface area contributed by atoms with Crippen LogP contribution in [0, 0.1) is 6.92 Å². The summed E-state index contributed by atoms with van der Waals surface area (Å²) < 4.78 is 16.5. The van der Waals surface area contributed by atoms with Crippen molar-refractivity contribution < 1.29 is 19.0 Å². The molecule has 0 saturated heterocycles. The highest BCUT2D eigenvalue weighted by Gasteiger charge is 2.08. The van der Waals surface area contributed by atoms with E-state index in [1.165, 1.54) is 11.8 Å². The fourth-order valence-electron chi connectivity index (χ4n) is 2.34. The molecule has 2 aromatic rings. The predicted octanol–water partition coefficient (Wildman–Crippen LogP) is 4.54. The number of ether oxygens (including phenoxy) is 3. The number of carbonyl (C=O) groups is 1. The van der Waals surface area contributed by atoms with Gasteiger partial charge in [0, 0.05) is 5.75 Å². The highest BCUT2D eigenvalue weighted by molar-refractivity contribution is 7.99. The molecule has 6 heteroatoms. The average Bonchev–Trinajstić information content (AvgIpc) is 2.67. The number of thioether (sulfide) groups is 1. The molecule has 2 aromatic carbocycles. The molecule has 0 bridgehead atoms. The third-order valence-corrected chi connectivity index (χ3v) is 4.58. The third-order valence-electron chi connectivity index (χ3n) is 3.66. The number of anilines is 1. The molecule has 0 spiro atoms. The molecule has 2 rings (SSSR count). The number of benzene rings is 2. The van der Waals surface area contributed by atoms with E-state index < -0.39 is 0 Å². The molecule has 146 valence electrons. The summed E-state index contributed by atoms with van der Waals surface area (Å²) in [6.07, 6.45) is 0.986. The van der Waals surface area contributed by atoms with E-state index in [9.17, 15) is 4.79 Å². The predicted molar refractivity (Wildman–Crippen MR) is 111 cm³/mol. The number of nitrogens with one attached hydrogen (secondary N) is 1. The van der Waals surface area contributed by atoms with Crippen LogP contribution in [0.15, 0.2) is 42.5 Å². The molecule has 0 aliphatic heterocycles. The molecule has 5 nitrogen and oxygen atoms in total. The van der Waals surface area contributed by atoms with Gasteiger partial charge in [0.15, 0.2) is 0 Å². The van der Waals surface area contributed by atoms with Crippen molar-refractivity contribution in [1.82, 2.24) is 0 Å². The number of carbonyl (C=O) groups excluding carboxylic acids is 1. The molecule has 0 aliphatic rings. The first-order chi connectivity index (χ1) is 13.1. The van der Waals surface area contributed by atoms with Gasteiger partial charge >= 0.3 is 0 Å². The zero-order chi connectivity index (χ0) is 19.5. The average molecular weight is 390 g/mol. The molecule has 0 saturated carbocycles. The van der Waals surface area contributed by atoms with Gasteiger partial charge in [-0.05, 0) is 55.3 Å². The number of methoxy groups -OCH3 is 1. The maximum atomic E-state index is 12.1. The van der Waals surface area contributed by atoms with Gasteiger partial charge in [0.1, 0.15) is 17.2 Å². The fourth-order valence-corrected chi connectivity index (χ4v) is 2.94. The first-order valence-corrected chi connectivity index (χ1v) is 10.2. The second kappa shape index (κ2) is 11.4. The first-order valence-electron chi connectivity index (χ1n) is 9.00. The Morgan fingerprint density at radius 2 is 1.70 bits per heavy atom. The van der Waals surface area contributed by atoms with Crippen molar-refractivity contribution >= 4 is 23.4 Å². The largest absolute Gasteiger partial charge is 0.495 e. The molecule has 27 heavy (non-hydrogen) atoms. The SMILES string of the molecule is CCCOc1ccc(OCCSCC(=O)Nc2cc(C)ccc2OC)cc1. The first kappa shape index (κ1) is 21.0. The van der Waals surface area contributed by atoms with Crippen LogP contribution in [-0.2, 0) is 4.79 Å². The molecule has 0 radical (unpaired) electrons. The lowest BCUT2D eigenvalue weighted by atomic mass is 10.2. The number of amides is 1. The topological polar surface area (TPSA) is 56.8 Å². The minimum atomic E-state index is -0.0543. The molecule has 0 aliphatic carbocycles. The van der Waals surface area contributed by atoms with Gasteiger partial charge in [-0.1, -0.05) is 13.0 Å². The van der Waals surface area contributed by atoms with E-state index in [-0.39, 0.29) is 5.91 Å². The van der Waals surface area contributed by atoms with E-state index in [1.807, 2.05) is 49.4 Å². The van der Waals surface area contributed by atoms with Crippen LogP contribution in [-0.4, -0.2) is 37.7 Å². The highest BCUT2D eigenvalue weighted by Crippen LogP contribution is 2.25. The van der Waals surface area contributed by atoms with Crippen molar-refractivity contribution in [2.45, 2.75) is 20.3 Å². The fraction of sp³-hybridized carbons (Fsp3) is 0.381. The molecule has 0 fully saturated rings. The van der Waals surface area contributed by atoms with Crippen LogP contribution in [0.25, 0.3) is 0 Å². The van der Waals surface area contributed by atoms with Crippen molar-refractivity contribution in [3.05, 3.63) is 48.0 Å². The summed E-state index contributed by atoms with van der Waals surface area (Å²) in [5, 5.41) is 2.89. The second-order valence-corrected chi connectivity index (χ2v) is 7.08. The Balaban J connectivity index is 1.66. The van der Waals surface area contributed by atoms with Gasteiger partial charge in [0.05, 0.1) is 31.8 Å². The highest BCUT2D eigenvalue weighted by atomic mass is 32.2. The molecule has 1 N–H and O–H groups in total. The summed E-state index contributed by atoms with van der Waals surface area (Å²) >= 11 is 1.53. The van der Waals surface area contributed by atoms with Crippen LogP contribution >= 0.6 is 11.8 Å². The third kappa shape index (κ3) is 7.43. The summed E-state index contributed by atoms with van der Waals surface area (Å²) in [5.74, 6) is 3.35. The minimum absolute atomic E-state index is 0.0543. The summed E-state index contributed by atoms with van der Waals surface area (Å²) in [4.78, 5) is 12.1. The van der Waals surface area contributed by atoms with E-state index in [1.54, 1.807) is 7.11 Å². The summed E-state index contributed by atoms with van der Waals surface area (Å²) in [6, 6.07) is 13.3. The van der Waals surface area contributed by atoms with Crippen LogP contribution in [0.5, 0.6) is 17.2 Å². The molecular formula is C21H27NO4S. The number of hydrogen-bond acceptors (Lipinski definition) is 5. The molecule has 0 atom stereocenters. The second-order valence-electron chi connectivity index (χ2n) is 5.97. The number of aryl methyl sites for hydroxylation is 1. The minimum Gasteiger partial charge on any atom is -0.495 e. The van der Waals surface area contributed by atoms with E-state index >= 15 is 0 Å². The van der Waals surface area contributed by atoms with Gasteiger partial charge in [-0.15, -0.1) is 11.8 Å². The Kier molecular flexibility index (Phi) is 8.84. The van der Waals surface area contributed by atoms with Gasteiger partial charge in [-0.2, -0.15) is 0 Å². The lowest BCUT2D eigenvalue weighted by molar-refractivity contribution is -0.113. The zero-order valence-electron chi connectivity index (χ0n) is 16.1. The Labute approximate surface area is 165 Å². The molecule has 0 unspecified atom stereocenters.